The van der Waals surface area contributed by atoms with Gasteiger partial charge in [-0.1, -0.05) is 25.1 Å². The van der Waals surface area contributed by atoms with Gasteiger partial charge in [0.25, 0.3) is 5.91 Å². The van der Waals surface area contributed by atoms with Gasteiger partial charge in [-0.3, -0.25) is 9.59 Å². The van der Waals surface area contributed by atoms with Crippen LogP contribution in [0.1, 0.15) is 56.1 Å². The van der Waals surface area contributed by atoms with Gasteiger partial charge in [0.05, 0.1) is 0 Å². The summed E-state index contributed by atoms with van der Waals surface area (Å²) < 4.78 is 0. The van der Waals surface area contributed by atoms with Gasteiger partial charge in [0.2, 0.25) is 5.91 Å². The van der Waals surface area contributed by atoms with Gasteiger partial charge >= 0.3 is 5.97 Å². The zero-order chi connectivity index (χ0) is 17.4. The van der Waals surface area contributed by atoms with E-state index in [2.05, 4.69) is 5.32 Å². The lowest BCUT2D eigenvalue weighted by atomic mass is 10.0. The number of carboxylic acid groups (broad SMARTS) is 1. The summed E-state index contributed by atoms with van der Waals surface area (Å²) in [6, 6.07) is 4.83. The van der Waals surface area contributed by atoms with Crippen LogP contribution < -0.4 is 5.32 Å². The molecule has 6 nitrogen and oxygen atoms in total. The molecule has 0 radical (unpaired) electrons. The fourth-order valence-corrected chi connectivity index (χ4v) is 2.85. The molecular formula is C17H22N2O4. The number of nitrogens with one attached hydrogen (secondary N) is 1. The molecular weight excluding hydrogens is 296 g/mol. The zero-order valence-electron chi connectivity index (χ0n) is 13.8. The SMILES string of the molecule is CCC(C(=O)O)N1C(=O)c2ccccc2C1C(=O)NC(C)(C)C. The highest BCUT2D eigenvalue weighted by Crippen LogP contribution is 2.36. The number of carbonyl (C=O) groups excluding carboxylic acids is 2. The second-order valence-corrected chi connectivity index (χ2v) is 6.70. The number of benzene rings is 1. The second kappa shape index (κ2) is 6.02. The smallest absolute Gasteiger partial charge is 0.326 e. The Kier molecular flexibility index (Phi) is 4.45. The summed E-state index contributed by atoms with van der Waals surface area (Å²) >= 11 is 0. The van der Waals surface area contributed by atoms with Gasteiger partial charge in [-0.05, 0) is 38.8 Å². The third-order valence-corrected chi connectivity index (χ3v) is 3.75. The first kappa shape index (κ1) is 17.0. The van der Waals surface area contributed by atoms with Crippen molar-refractivity contribution >= 4 is 17.8 Å². The number of nitrogens with zero attached hydrogens (tertiary/aromatic N) is 1. The molecule has 2 amide bonds. The van der Waals surface area contributed by atoms with Crippen LogP contribution in [0.25, 0.3) is 0 Å². The van der Waals surface area contributed by atoms with Crippen LogP contribution in [0.3, 0.4) is 0 Å². The van der Waals surface area contributed by atoms with E-state index in [4.69, 9.17) is 0 Å². The van der Waals surface area contributed by atoms with Gasteiger partial charge in [0.1, 0.15) is 12.1 Å². The number of rotatable bonds is 4. The Labute approximate surface area is 135 Å². The number of amides is 2. The molecule has 1 aliphatic rings. The van der Waals surface area contributed by atoms with Crippen LogP contribution in [0.15, 0.2) is 24.3 Å². The minimum absolute atomic E-state index is 0.231. The van der Waals surface area contributed by atoms with E-state index in [1.807, 2.05) is 20.8 Å². The third kappa shape index (κ3) is 3.21. The average Bonchev–Trinajstić information content (AvgIpc) is 2.72. The fourth-order valence-electron chi connectivity index (χ4n) is 2.85. The van der Waals surface area contributed by atoms with Crippen LogP contribution in [0.4, 0.5) is 0 Å². The van der Waals surface area contributed by atoms with E-state index in [-0.39, 0.29) is 12.3 Å². The van der Waals surface area contributed by atoms with Crippen molar-refractivity contribution in [3.8, 4) is 0 Å². The van der Waals surface area contributed by atoms with Crippen LogP contribution in [-0.4, -0.2) is 39.4 Å². The summed E-state index contributed by atoms with van der Waals surface area (Å²) in [6.07, 6.45) is 0.231. The van der Waals surface area contributed by atoms with Gasteiger partial charge in [0.15, 0.2) is 0 Å². The summed E-state index contributed by atoms with van der Waals surface area (Å²) in [6.45, 7) is 7.21. The standard InChI is InChI=1S/C17H22N2O4/c1-5-12(16(22)23)19-13(14(20)18-17(2,3)4)10-8-6-7-9-11(10)15(19)21/h6-9,12-13H,5H2,1-4H3,(H,18,20)(H,22,23). The maximum Gasteiger partial charge on any atom is 0.326 e. The van der Waals surface area contributed by atoms with Crippen molar-refractivity contribution in [3.63, 3.8) is 0 Å². The average molecular weight is 318 g/mol. The van der Waals surface area contributed by atoms with Crippen molar-refractivity contribution in [3.05, 3.63) is 35.4 Å². The predicted molar refractivity (Wildman–Crippen MR) is 85.0 cm³/mol. The van der Waals surface area contributed by atoms with E-state index in [1.165, 1.54) is 4.90 Å². The van der Waals surface area contributed by atoms with E-state index in [0.717, 1.165) is 0 Å². The first-order valence-electron chi connectivity index (χ1n) is 7.63. The maximum atomic E-state index is 12.7. The molecule has 124 valence electrons. The largest absolute Gasteiger partial charge is 0.480 e. The fraction of sp³-hybridized carbons (Fsp3) is 0.471. The summed E-state index contributed by atoms with van der Waals surface area (Å²) in [5, 5.41) is 12.3. The normalized spacial score (nSPS) is 18.5. The molecule has 0 aromatic heterocycles. The highest BCUT2D eigenvalue weighted by Gasteiger charge is 2.46. The van der Waals surface area contributed by atoms with Crippen molar-refractivity contribution in [2.75, 3.05) is 0 Å². The molecule has 6 heteroatoms. The van der Waals surface area contributed by atoms with Crippen LogP contribution in [0, 0.1) is 0 Å². The van der Waals surface area contributed by atoms with Crippen LogP contribution in [0.2, 0.25) is 0 Å². The number of carbonyl (C=O) groups is 3. The molecule has 0 bridgehead atoms. The third-order valence-electron chi connectivity index (χ3n) is 3.75. The summed E-state index contributed by atoms with van der Waals surface area (Å²) in [5.41, 5.74) is 0.467. The summed E-state index contributed by atoms with van der Waals surface area (Å²) in [5.74, 6) is -1.89. The molecule has 0 saturated heterocycles. The topological polar surface area (TPSA) is 86.7 Å². The Morgan fingerprint density at radius 3 is 2.43 bits per heavy atom. The summed E-state index contributed by atoms with van der Waals surface area (Å²) in [4.78, 5) is 38.1. The van der Waals surface area contributed by atoms with Crippen molar-refractivity contribution in [1.29, 1.82) is 0 Å². The van der Waals surface area contributed by atoms with Gasteiger partial charge in [0, 0.05) is 11.1 Å². The number of hydrogen-bond acceptors (Lipinski definition) is 3. The second-order valence-electron chi connectivity index (χ2n) is 6.70. The van der Waals surface area contributed by atoms with E-state index in [0.29, 0.717) is 11.1 Å². The Balaban J connectivity index is 2.50. The Bertz CT molecular complexity index is 648. The van der Waals surface area contributed by atoms with Gasteiger partial charge in [-0.2, -0.15) is 0 Å². The minimum Gasteiger partial charge on any atom is -0.480 e. The minimum atomic E-state index is -1.11. The lowest BCUT2D eigenvalue weighted by molar-refractivity contribution is -0.144. The molecule has 23 heavy (non-hydrogen) atoms. The van der Waals surface area contributed by atoms with Gasteiger partial charge in [-0.25, -0.2) is 4.79 Å². The molecule has 0 spiro atoms. The monoisotopic (exact) mass is 318 g/mol. The molecule has 2 unspecified atom stereocenters. The van der Waals surface area contributed by atoms with E-state index in [9.17, 15) is 19.5 Å². The Morgan fingerprint density at radius 1 is 1.30 bits per heavy atom. The van der Waals surface area contributed by atoms with Crippen LogP contribution in [0.5, 0.6) is 0 Å². The first-order chi connectivity index (χ1) is 10.7. The molecule has 1 heterocycles. The van der Waals surface area contributed by atoms with Crippen LogP contribution in [-0.2, 0) is 9.59 Å². The van der Waals surface area contributed by atoms with Gasteiger partial charge in [-0.15, -0.1) is 0 Å². The van der Waals surface area contributed by atoms with E-state index >= 15 is 0 Å². The molecule has 2 rings (SSSR count). The van der Waals surface area contributed by atoms with Crippen molar-refractivity contribution in [2.45, 2.75) is 51.7 Å². The molecule has 2 atom stereocenters. The van der Waals surface area contributed by atoms with Gasteiger partial charge < -0.3 is 15.3 Å². The number of carboxylic acids is 1. The van der Waals surface area contributed by atoms with Crippen molar-refractivity contribution < 1.29 is 19.5 Å². The summed E-state index contributed by atoms with van der Waals surface area (Å²) in [7, 11) is 0. The van der Waals surface area contributed by atoms with Crippen molar-refractivity contribution in [1.82, 2.24) is 10.2 Å². The lowest BCUT2D eigenvalue weighted by Gasteiger charge is -2.32. The molecule has 2 N–H and O–H groups in total. The molecule has 1 aliphatic heterocycles. The first-order valence-corrected chi connectivity index (χ1v) is 7.63. The number of hydrogen-bond donors (Lipinski definition) is 2. The zero-order valence-corrected chi connectivity index (χ0v) is 13.8. The maximum absolute atomic E-state index is 12.7. The predicted octanol–water partition coefficient (Wildman–Crippen LogP) is 1.96. The molecule has 0 fully saturated rings. The van der Waals surface area contributed by atoms with Crippen LogP contribution >= 0.6 is 0 Å². The highest BCUT2D eigenvalue weighted by molar-refractivity contribution is 6.06. The van der Waals surface area contributed by atoms with Crippen molar-refractivity contribution in [2.24, 2.45) is 0 Å². The molecule has 1 aromatic carbocycles. The lowest BCUT2D eigenvalue weighted by Crippen LogP contribution is -2.51. The Morgan fingerprint density at radius 2 is 1.91 bits per heavy atom. The molecule has 0 saturated carbocycles. The highest BCUT2D eigenvalue weighted by atomic mass is 16.4. The van der Waals surface area contributed by atoms with E-state index < -0.39 is 29.5 Å². The quantitative estimate of drug-likeness (QED) is 0.888. The number of aliphatic carboxylic acids is 1. The molecule has 0 aliphatic carbocycles. The van der Waals surface area contributed by atoms with E-state index in [1.54, 1.807) is 31.2 Å². The Hall–Kier alpha value is -2.37. The molecule has 1 aromatic rings. The number of fused-ring (bicyclic) bond motifs is 1.